The molecule has 0 aliphatic heterocycles. The average molecular weight is 404 g/mol. The van der Waals surface area contributed by atoms with Gasteiger partial charge in [-0.1, -0.05) is 12.1 Å². The molecule has 0 aliphatic carbocycles. The second-order valence-electron chi connectivity index (χ2n) is 6.58. The maximum absolute atomic E-state index is 12.3. The molecule has 150 valence electrons. The largest absolute Gasteiger partial charge is 0.336 e. The number of rotatable bonds is 7. The molecule has 0 atom stereocenters. The minimum atomic E-state index is -3.34. The number of carbonyl (C=O) groups excluding carboxylic acids is 2. The summed E-state index contributed by atoms with van der Waals surface area (Å²) in [6.07, 6.45) is 1.07. The highest BCUT2D eigenvalue weighted by Gasteiger charge is 2.08. The van der Waals surface area contributed by atoms with Crippen LogP contribution in [0.3, 0.4) is 0 Å². The number of hydrogen-bond acceptors (Lipinski definition) is 4. The van der Waals surface area contributed by atoms with E-state index < -0.39 is 10.0 Å². The molecule has 0 saturated heterocycles. The molecule has 0 radical (unpaired) electrons. The van der Waals surface area contributed by atoms with E-state index >= 15 is 0 Å². The number of nitrogens with one attached hydrogen (secondary N) is 4. The Morgan fingerprint density at radius 2 is 1.50 bits per heavy atom. The van der Waals surface area contributed by atoms with E-state index in [0.29, 0.717) is 23.5 Å². The van der Waals surface area contributed by atoms with Gasteiger partial charge in [-0.25, -0.2) is 13.2 Å². The highest BCUT2D eigenvalue weighted by atomic mass is 32.2. The maximum atomic E-state index is 12.3. The van der Waals surface area contributed by atoms with E-state index in [9.17, 15) is 18.0 Å². The summed E-state index contributed by atoms with van der Waals surface area (Å²) in [5.41, 5.74) is 2.29. The molecule has 0 saturated carbocycles. The normalized spacial score (nSPS) is 11.0. The molecular weight excluding hydrogens is 380 g/mol. The Balaban J connectivity index is 1.91. The summed E-state index contributed by atoms with van der Waals surface area (Å²) >= 11 is 0. The quantitative estimate of drug-likeness (QED) is 0.567. The third kappa shape index (κ3) is 7.28. The highest BCUT2D eigenvalue weighted by molar-refractivity contribution is 7.92. The van der Waals surface area contributed by atoms with Gasteiger partial charge in [-0.15, -0.1) is 0 Å². The second kappa shape index (κ2) is 9.23. The van der Waals surface area contributed by atoms with Crippen molar-refractivity contribution in [3.8, 4) is 0 Å². The summed E-state index contributed by atoms with van der Waals surface area (Å²) in [6.45, 7) is 4.11. The molecular formula is C19H24N4O4S. The Labute approximate surface area is 164 Å². The van der Waals surface area contributed by atoms with Gasteiger partial charge in [0.15, 0.2) is 0 Å². The summed E-state index contributed by atoms with van der Waals surface area (Å²) in [6, 6.07) is 13.0. The Hall–Kier alpha value is -3.07. The zero-order valence-electron chi connectivity index (χ0n) is 15.9. The lowest BCUT2D eigenvalue weighted by Gasteiger charge is -2.10. The molecule has 2 aromatic rings. The number of benzene rings is 2. The summed E-state index contributed by atoms with van der Waals surface area (Å²) in [7, 11) is -3.34. The van der Waals surface area contributed by atoms with Crippen molar-refractivity contribution in [1.82, 2.24) is 10.6 Å². The number of amides is 3. The van der Waals surface area contributed by atoms with Gasteiger partial charge in [0.25, 0.3) is 5.91 Å². The van der Waals surface area contributed by atoms with Crippen LogP contribution in [-0.2, 0) is 16.6 Å². The molecule has 4 N–H and O–H groups in total. The lowest BCUT2D eigenvalue weighted by atomic mass is 10.1. The van der Waals surface area contributed by atoms with Gasteiger partial charge in [0.05, 0.1) is 6.26 Å². The van der Waals surface area contributed by atoms with E-state index in [-0.39, 0.29) is 18.0 Å². The topological polar surface area (TPSA) is 116 Å². The Morgan fingerprint density at radius 1 is 0.929 bits per heavy atom. The first kappa shape index (κ1) is 21.2. The van der Waals surface area contributed by atoms with E-state index in [4.69, 9.17) is 0 Å². The van der Waals surface area contributed by atoms with E-state index in [1.807, 2.05) is 13.8 Å². The van der Waals surface area contributed by atoms with Crippen LogP contribution in [0, 0.1) is 0 Å². The smallest absolute Gasteiger partial charge is 0.315 e. The fourth-order valence-electron chi connectivity index (χ4n) is 2.31. The van der Waals surface area contributed by atoms with Crippen LogP contribution in [0.15, 0.2) is 48.5 Å². The number of carbonyl (C=O) groups is 2. The number of hydrogen-bond donors (Lipinski definition) is 4. The lowest BCUT2D eigenvalue weighted by Crippen LogP contribution is -2.39. The van der Waals surface area contributed by atoms with Crippen molar-refractivity contribution in [3.05, 3.63) is 59.7 Å². The Kier molecular flexibility index (Phi) is 7.00. The highest BCUT2D eigenvalue weighted by Crippen LogP contribution is 2.15. The molecule has 9 heteroatoms. The van der Waals surface area contributed by atoms with Crippen LogP contribution in [0.4, 0.5) is 16.2 Å². The third-order valence-corrected chi connectivity index (χ3v) is 4.14. The molecule has 0 spiro atoms. The number of sulfonamides is 1. The van der Waals surface area contributed by atoms with Crippen molar-refractivity contribution >= 4 is 33.3 Å². The van der Waals surface area contributed by atoms with Gasteiger partial charge in [-0.05, 0) is 55.8 Å². The Morgan fingerprint density at radius 3 is 2.04 bits per heavy atom. The van der Waals surface area contributed by atoms with E-state index in [0.717, 1.165) is 11.8 Å². The van der Waals surface area contributed by atoms with Crippen molar-refractivity contribution in [1.29, 1.82) is 0 Å². The molecule has 2 aromatic carbocycles. The fraction of sp³-hybridized carbons (Fsp3) is 0.263. The van der Waals surface area contributed by atoms with Gasteiger partial charge in [0.1, 0.15) is 0 Å². The van der Waals surface area contributed by atoms with Crippen LogP contribution in [0.1, 0.15) is 29.8 Å². The molecule has 28 heavy (non-hydrogen) atoms. The molecule has 3 amide bonds. The summed E-state index contributed by atoms with van der Waals surface area (Å²) in [5, 5.41) is 8.22. The maximum Gasteiger partial charge on any atom is 0.315 e. The number of anilines is 2. The molecule has 0 heterocycles. The van der Waals surface area contributed by atoms with Gasteiger partial charge in [0, 0.05) is 29.5 Å². The van der Waals surface area contributed by atoms with Crippen molar-refractivity contribution in [2.24, 2.45) is 0 Å². The SMILES string of the molecule is CC(C)NC(=O)NCc1ccc(C(=O)Nc2ccc(NS(C)(=O)=O)cc2)cc1. The first-order valence-corrected chi connectivity index (χ1v) is 10.5. The van der Waals surface area contributed by atoms with Gasteiger partial charge >= 0.3 is 6.03 Å². The molecule has 2 rings (SSSR count). The van der Waals surface area contributed by atoms with E-state index in [1.165, 1.54) is 0 Å². The lowest BCUT2D eigenvalue weighted by molar-refractivity contribution is 0.102. The molecule has 0 bridgehead atoms. The predicted molar refractivity (Wildman–Crippen MR) is 110 cm³/mol. The molecule has 0 unspecified atom stereocenters. The van der Waals surface area contributed by atoms with Crippen LogP contribution in [0.5, 0.6) is 0 Å². The first-order chi connectivity index (χ1) is 13.1. The molecule has 0 aromatic heterocycles. The van der Waals surface area contributed by atoms with Gasteiger partial charge in [-0.2, -0.15) is 0 Å². The molecule has 0 aliphatic rings. The minimum absolute atomic E-state index is 0.0577. The van der Waals surface area contributed by atoms with Crippen LogP contribution in [0.2, 0.25) is 0 Å². The van der Waals surface area contributed by atoms with Crippen LogP contribution >= 0.6 is 0 Å². The number of urea groups is 1. The summed E-state index contributed by atoms with van der Waals surface area (Å²) in [4.78, 5) is 23.9. The first-order valence-electron chi connectivity index (χ1n) is 8.65. The average Bonchev–Trinajstić information content (AvgIpc) is 2.60. The van der Waals surface area contributed by atoms with Crippen molar-refractivity contribution in [2.45, 2.75) is 26.4 Å². The Bertz CT molecular complexity index is 923. The van der Waals surface area contributed by atoms with E-state index in [2.05, 4.69) is 20.7 Å². The van der Waals surface area contributed by atoms with Crippen LogP contribution in [-0.4, -0.2) is 32.7 Å². The van der Waals surface area contributed by atoms with Crippen LogP contribution in [0.25, 0.3) is 0 Å². The van der Waals surface area contributed by atoms with Crippen molar-refractivity contribution in [3.63, 3.8) is 0 Å². The summed E-state index contributed by atoms with van der Waals surface area (Å²) in [5.74, 6) is -0.291. The summed E-state index contributed by atoms with van der Waals surface area (Å²) < 4.78 is 24.8. The predicted octanol–water partition coefficient (Wildman–Crippen LogP) is 2.52. The van der Waals surface area contributed by atoms with Gasteiger partial charge < -0.3 is 16.0 Å². The standard InChI is InChI=1S/C19H24N4O4S/c1-13(2)21-19(25)20-12-14-4-6-15(7-5-14)18(24)22-16-8-10-17(11-9-16)23-28(3,26)27/h4-11,13,23H,12H2,1-3H3,(H,22,24)(H2,20,21,25). The van der Waals surface area contributed by atoms with Crippen molar-refractivity contribution < 1.29 is 18.0 Å². The molecule has 0 fully saturated rings. The van der Waals surface area contributed by atoms with Gasteiger partial charge in [0.2, 0.25) is 10.0 Å². The minimum Gasteiger partial charge on any atom is -0.336 e. The van der Waals surface area contributed by atoms with Crippen LogP contribution < -0.4 is 20.7 Å². The van der Waals surface area contributed by atoms with Gasteiger partial charge in [-0.3, -0.25) is 9.52 Å². The van der Waals surface area contributed by atoms with E-state index in [1.54, 1.807) is 48.5 Å². The monoisotopic (exact) mass is 404 g/mol. The molecule has 8 nitrogen and oxygen atoms in total. The third-order valence-electron chi connectivity index (χ3n) is 3.53. The zero-order chi connectivity index (χ0) is 20.7. The zero-order valence-corrected chi connectivity index (χ0v) is 16.8. The van der Waals surface area contributed by atoms with Crippen molar-refractivity contribution in [2.75, 3.05) is 16.3 Å². The fourth-order valence-corrected chi connectivity index (χ4v) is 2.87. The second-order valence-corrected chi connectivity index (χ2v) is 8.33.